The Hall–Kier alpha value is -1.36. The molecule has 1 aromatic rings. The molecule has 1 aromatic heterocycles. The van der Waals surface area contributed by atoms with E-state index in [1.54, 1.807) is 6.33 Å². The van der Waals surface area contributed by atoms with Crippen LogP contribution in [-0.4, -0.2) is 23.1 Å². The van der Waals surface area contributed by atoms with Gasteiger partial charge in [0.15, 0.2) is 0 Å². The number of anilines is 2. The van der Waals surface area contributed by atoms with Crippen LogP contribution in [-0.2, 0) is 0 Å². The van der Waals surface area contributed by atoms with Gasteiger partial charge >= 0.3 is 0 Å². The van der Waals surface area contributed by atoms with E-state index in [0.29, 0.717) is 5.82 Å². The van der Waals surface area contributed by atoms with E-state index in [4.69, 9.17) is 5.84 Å². The van der Waals surface area contributed by atoms with Crippen molar-refractivity contribution in [1.29, 1.82) is 0 Å². The monoisotopic (exact) mass is 235 g/mol. The fourth-order valence-corrected chi connectivity index (χ4v) is 2.57. The summed E-state index contributed by atoms with van der Waals surface area (Å²) in [6, 6.07) is 0. The van der Waals surface area contributed by atoms with Crippen molar-refractivity contribution >= 4 is 11.6 Å². The van der Waals surface area contributed by atoms with Gasteiger partial charge in [-0.3, -0.25) is 0 Å². The van der Waals surface area contributed by atoms with Gasteiger partial charge in [-0.15, -0.1) is 0 Å². The van der Waals surface area contributed by atoms with Crippen molar-refractivity contribution in [1.82, 2.24) is 9.97 Å². The van der Waals surface area contributed by atoms with E-state index in [-0.39, 0.29) is 0 Å². The molecule has 0 bridgehead atoms. The van der Waals surface area contributed by atoms with Gasteiger partial charge in [0.25, 0.3) is 0 Å². The smallest absolute Gasteiger partial charge is 0.148 e. The first-order valence-corrected chi connectivity index (χ1v) is 6.29. The minimum absolute atomic E-state index is 0.717. The molecule has 17 heavy (non-hydrogen) atoms. The predicted molar refractivity (Wildman–Crippen MR) is 69.8 cm³/mol. The Morgan fingerprint density at radius 3 is 3.06 bits per heavy atom. The number of rotatable bonds is 4. The zero-order valence-corrected chi connectivity index (χ0v) is 10.6. The van der Waals surface area contributed by atoms with Gasteiger partial charge in [0.05, 0.1) is 0 Å². The maximum atomic E-state index is 5.43. The lowest BCUT2D eigenvalue weighted by atomic mass is 10.0. The molecular formula is C12H21N5. The van der Waals surface area contributed by atoms with Crippen molar-refractivity contribution in [3.05, 3.63) is 11.9 Å². The number of hydrogen-bond acceptors (Lipinski definition) is 5. The van der Waals surface area contributed by atoms with E-state index in [2.05, 4.69) is 27.2 Å². The molecule has 94 valence electrons. The third-order valence-electron chi connectivity index (χ3n) is 3.48. The molecule has 2 rings (SSSR count). The Labute approximate surface area is 102 Å². The maximum absolute atomic E-state index is 5.43. The van der Waals surface area contributed by atoms with Crippen molar-refractivity contribution in [3.8, 4) is 0 Å². The molecule has 1 atom stereocenters. The summed E-state index contributed by atoms with van der Waals surface area (Å²) in [6.45, 7) is 6.45. The van der Waals surface area contributed by atoms with E-state index in [9.17, 15) is 0 Å². The number of nitrogen functional groups attached to an aromatic ring is 1. The quantitative estimate of drug-likeness (QED) is 0.614. The van der Waals surface area contributed by atoms with Crippen LogP contribution in [0.2, 0.25) is 0 Å². The molecule has 0 spiro atoms. The standard InChI is InChI=1S/C12H21N5/c1-3-4-10-5-6-17(7-10)12-9(2)11(16-13)14-8-15-12/h8,10H,3-7,13H2,1-2H3,(H,14,15,16). The van der Waals surface area contributed by atoms with E-state index in [1.807, 2.05) is 6.92 Å². The van der Waals surface area contributed by atoms with Crippen LogP contribution in [0.15, 0.2) is 6.33 Å². The molecule has 3 N–H and O–H groups in total. The summed E-state index contributed by atoms with van der Waals surface area (Å²) in [6.07, 6.45) is 5.41. The number of nitrogens with zero attached hydrogens (tertiary/aromatic N) is 3. The molecule has 1 unspecified atom stereocenters. The van der Waals surface area contributed by atoms with Crippen LogP contribution in [0.3, 0.4) is 0 Å². The molecule has 5 nitrogen and oxygen atoms in total. The van der Waals surface area contributed by atoms with Crippen molar-refractivity contribution in [2.45, 2.75) is 33.1 Å². The number of nitrogens with two attached hydrogens (primary N) is 1. The lowest BCUT2D eigenvalue weighted by Crippen LogP contribution is -2.23. The lowest BCUT2D eigenvalue weighted by molar-refractivity contribution is 0.529. The minimum atomic E-state index is 0.717. The molecule has 2 heterocycles. The third-order valence-corrected chi connectivity index (χ3v) is 3.48. The zero-order valence-electron chi connectivity index (χ0n) is 10.6. The molecule has 5 heteroatoms. The molecule has 1 aliphatic heterocycles. The first-order chi connectivity index (χ1) is 8.26. The number of hydrogen-bond donors (Lipinski definition) is 2. The van der Waals surface area contributed by atoms with Gasteiger partial charge < -0.3 is 10.3 Å². The number of aromatic nitrogens is 2. The molecule has 1 aliphatic rings. The van der Waals surface area contributed by atoms with Gasteiger partial charge in [0.1, 0.15) is 18.0 Å². The fraction of sp³-hybridized carbons (Fsp3) is 0.667. The second kappa shape index (κ2) is 5.31. The lowest BCUT2D eigenvalue weighted by Gasteiger charge is -2.20. The van der Waals surface area contributed by atoms with Gasteiger partial charge in [-0.05, 0) is 25.7 Å². The van der Waals surface area contributed by atoms with Crippen LogP contribution in [0.5, 0.6) is 0 Å². The average Bonchev–Trinajstić information content (AvgIpc) is 2.78. The Bertz CT molecular complexity index is 379. The van der Waals surface area contributed by atoms with Crippen molar-refractivity contribution in [3.63, 3.8) is 0 Å². The number of nitrogens with one attached hydrogen (secondary N) is 1. The highest BCUT2D eigenvalue weighted by Crippen LogP contribution is 2.28. The Morgan fingerprint density at radius 1 is 1.53 bits per heavy atom. The molecule has 1 fully saturated rings. The SMILES string of the molecule is CCCC1CCN(c2ncnc(NN)c2C)C1. The maximum Gasteiger partial charge on any atom is 0.148 e. The van der Waals surface area contributed by atoms with Crippen LogP contribution in [0.25, 0.3) is 0 Å². The third kappa shape index (κ3) is 2.49. The highest BCUT2D eigenvalue weighted by atomic mass is 15.3. The summed E-state index contributed by atoms with van der Waals surface area (Å²) in [5.41, 5.74) is 3.65. The van der Waals surface area contributed by atoms with Gasteiger partial charge in [-0.25, -0.2) is 15.8 Å². The van der Waals surface area contributed by atoms with E-state index < -0.39 is 0 Å². The van der Waals surface area contributed by atoms with Crippen LogP contribution in [0, 0.1) is 12.8 Å². The molecular weight excluding hydrogens is 214 g/mol. The Kier molecular flexibility index (Phi) is 3.78. The predicted octanol–water partition coefficient (Wildman–Crippen LogP) is 1.70. The Balaban J connectivity index is 2.13. The summed E-state index contributed by atoms with van der Waals surface area (Å²) in [5, 5.41) is 0. The van der Waals surface area contributed by atoms with Crippen molar-refractivity contribution in [2.75, 3.05) is 23.4 Å². The average molecular weight is 235 g/mol. The van der Waals surface area contributed by atoms with Crippen molar-refractivity contribution in [2.24, 2.45) is 11.8 Å². The van der Waals surface area contributed by atoms with E-state index >= 15 is 0 Å². The molecule has 0 saturated carbocycles. The largest absolute Gasteiger partial charge is 0.356 e. The van der Waals surface area contributed by atoms with Crippen LogP contribution >= 0.6 is 0 Å². The fourth-order valence-electron chi connectivity index (χ4n) is 2.57. The van der Waals surface area contributed by atoms with Gasteiger partial charge in [-0.1, -0.05) is 13.3 Å². The van der Waals surface area contributed by atoms with Crippen molar-refractivity contribution < 1.29 is 0 Å². The first-order valence-electron chi connectivity index (χ1n) is 6.29. The molecule has 0 aromatic carbocycles. The molecule has 0 amide bonds. The van der Waals surface area contributed by atoms with E-state index in [1.165, 1.54) is 19.3 Å². The van der Waals surface area contributed by atoms with Gasteiger partial charge in [0, 0.05) is 18.7 Å². The van der Waals surface area contributed by atoms with Crippen LogP contribution in [0.4, 0.5) is 11.6 Å². The van der Waals surface area contributed by atoms with E-state index in [0.717, 1.165) is 30.4 Å². The molecule has 1 saturated heterocycles. The van der Waals surface area contributed by atoms with Crippen LogP contribution in [0.1, 0.15) is 31.7 Å². The summed E-state index contributed by atoms with van der Waals surface area (Å²) >= 11 is 0. The molecule has 0 aliphatic carbocycles. The summed E-state index contributed by atoms with van der Waals surface area (Å²) in [5.74, 6) is 7.98. The van der Waals surface area contributed by atoms with Gasteiger partial charge in [0.2, 0.25) is 0 Å². The van der Waals surface area contributed by atoms with Crippen LogP contribution < -0.4 is 16.2 Å². The zero-order chi connectivity index (χ0) is 12.3. The summed E-state index contributed by atoms with van der Waals surface area (Å²) in [4.78, 5) is 10.8. The minimum Gasteiger partial charge on any atom is -0.356 e. The normalized spacial score (nSPS) is 19.7. The highest BCUT2D eigenvalue weighted by molar-refractivity contribution is 5.57. The number of hydrazine groups is 1. The topological polar surface area (TPSA) is 67.1 Å². The Morgan fingerprint density at radius 2 is 2.35 bits per heavy atom. The summed E-state index contributed by atoms with van der Waals surface area (Å²) in [7, 11) is 0. The highest BCUT2D eigenvalue weighted by Gasteiger charge is 2.24. The second-order valence-corrected chi connectivity index (χ2v) is 4.70. The second-order valence-electron chi connectivity index (χ2n) is 4.70. The first kappa shape index (κ1) is 12.1. The van der Waals surface area contributed by atoms with Gasteiger partial charge in [-0.2, -0.15) is 0 Å². The summed E-state index contributed by atoms with van der Waals surface area (Å²) < 4.78 is 0. The molecule has 0 radical (unpaired) electrons.